The van der Waals surface area contributed by atoms with Crippen LogP contribution in [0.3, 0.4) is 0 Å². The largest absolute Gasteiger partial charge is 3.00 e. The van der Waals surface area contributed by atoms with Gasteiger partial charge in [0.2, 0.25) is 0 Å². The third-order valence-corrected chi connectivity index (χ3v) is 8.17. The molecule has 0 aliphatic rings. The first-order valence-corrected chi connectivity index (χ1v) is 20.3. The quantitative estimate of drug-likeness (QED) is 0.0461. The van der Waals surface area contributed by atoms with Crippen LogP contribution in [0.15, 0.2) is 97.1 Å². The zero-order valence-corrected chi connectivity index (χ0v) is 43.4. The van der Waals surface area contributed by atoms with E-state index in [1.807, 2.05) is 97.1 Å². The van der Waals surface area contributed by atoms with E-state index in [9.17, 15) is 5.11 Å². The summed E-state index contributed by atoms with van der Waals surface area (Å²) in [6.45, 7) is 2.53. The van der Waals surface area contributed by atoms with Crippen molar-refractivity contribution in [2.24, 2.45) is 0 Å². The normalized spacial score (nSPS) is 9.16. The molecule has 9 N–H and O–H groups in total. The molecule has 0 atom stereocenters. The molecule has 0 saturated carbocycles. The average Bonchev–Trinajstić information content (AvgIpc) is 4.19. The van der Waals surface area contributed by atoms with E-state index in [1.54, 1.807) is 0 Å². The molecule has 2 radical (unpaired) electrons. The van der Waals surface area contributed by atoms with E-state index in [0.717, 1.165) is 110 Å². The Morgan fingerprint density at radius 2 is 0.553 bits per heavy atom. The fraction of sp³-hybridized carbons (Fsp3) is 0.317. The number of imidazole rings is 4. The van der Waals surface area contributed by atoms with Crippen molar-refractivity contribution in [2.75, 3.05) is 55.7 Å². The first-order valence-electron chi connectivity index (χ1n) is 20.3. The Morgan fingerprint density at radius 3 is 0.711 bits per heavy atom. The molecule has 0 fully saturated rings. The number of para-hydroxylation sites is 8. The number of aliphatic hydroxyl groups excluding tert-OH is 5. The first-order chi connectivity index (χ1) is 35.5. The average molecular weight is 1160 g/mol. The molecule has 0 aliphatic carbocycles. The minimum Gasteiger partial charge on any atom is -0.857 e. The van der Waals surface area contributed by atoms with E-state index in [1.165, 1.54) is 0 Å². The Hall–Kier alpha value is -7.76. The Bertz CT molecular complexity index is 2230. The van der Waals surface area contributed by atoms with Gasteiger partial charge in [0.15, 0.2) is 0 Å². The van der Waals surface area contributed by atoms with Crippen LogP contribution in [0.25, 0.3) is 44.1 Å². The maximum absolute atomic E-state index is 14.0. The van der Waals surface area contributed by atoms with Crippen LogP contribution < -0.4 is 10.2 Å². The molecule has 0 aliphatic heterocycles. The summed E-state index contributed by atoms with van der Waals surface area (Å²) in [5.41, 5.74) is 7.52. The Kier molecular flexibility index (Phi) is 47.7. The molecule has 8 rings (SSSR count). The number of nitrogens with zero attached hydrogens (tertiary/aromatic N) is 10. The molecule has 4 heterocycles. The maximum Gasteiger partial charge on any atom is 3.00 e. The van der Waals surface area contributed by atoms with Crippen molar-refractivity contribution in [1.29, 1.82) is 0 Å². The fourth-order valence-electron chi connectivity index (χ4n) is 6.17. The van der Waals surface area contributed by atoms with Crippen molar-refractivity contribution in [1.82, 2.24) is 49.7 Å². The molecule has 4 aromatic heterocycles. The summed E-state index contributed by atoms with van der Waals surface area (Å²) < 4.78 is 0. The standard InChI is InChI=1S/C35H33N10O.5CH4O.CH3O.2Fe.4NO3/c46-23(17-44(19-32-36-24-9-1-2-10-25(24)37-32)20-33-38-26-11-3-4-12-27(26)39-33)18-45(21-34-40-28-13-5-6-14-29(28)41-34)22-35-42-30-15-7-8-16-31(30)43-35;6*1-2;;;4*2-1(3)4/h1-16,23H,17-22H2,(H,36,37)(H,38,39)(H,40,41)(H,42,43);5*2H,1H3;1H3;;;;;;/q-1;;;;;;-1;2*+3;4*-1. The van der Waals surface area contributed by atoms with Gasteiger partial charge in [-0.3, -0.25) is 9.80 Å². The summed E-state index contributed by atoms with van der Waals surface area (Å²) in [5, 5.41) is 116. The number of hydrogen-bond donors (Lipinski definition) is 9. The fourth-order valence-corrected chi connectivity index (χ4v) is 6.17. The molecular weight excluding hydrogens is 1100 g/mol. The zero-order chi connectivity index (χ0) is 57.2. The van der Waals surface area contributed by atoms with Crippen LogP contribution in [-0.2, 0) is 60.3 Å². The van der Waals surface area contributed by atoms with E-state index in [-0.39, 0.29) is 34.1 Å². The molecule has 0 bridgehead atoms. The second kappa shape index (κ2) is 47.0. The topological polar surface area (TPSA) is 533 Å². The van der Waals surface area contributed by atoms with Crippen molar-refractivity contribution in [3.8, 4) is 0 Å². The Morgan fingerprint density at radius 1 is 0.395 bits per heavy atom. The van der Waals surface area contributed by atoms with Crippen LogP contribution >= 0.6 is 0 Å². The molecular formula is C41H56Fe2N14O19. The van der Waals surface area contributed by atoms with Crippen LogP contribution in [0.2, 0.25) is 0 Å². The van der Waals surface area contributed by atoms with Gasteiger partial charge < -0.3 is 117 Å². The van der Waals surface area contributed by atoms with Gasteiger partial charge in [-0.1, -0.05) is 48.5 Å². The van der Waals surface area contributed by atoms with Crippen molar-refractivity contribution in [2.45, 2.75) is 32.3 Å². The van der Waals surface area contributed by atoms with Gasteiger partial charge >= 0.3 is 34.1 Å². The van der Waals surface area contributed by atoms with E-state index < -0.39 is 26.5 Å². The van der Waals surface area contributed by atoms with Crippen LogP contribution in [0.4, 0.5) is 0 Å². The van der Waals surface area contributed by atoms with Gasteiger partial charge in [0, 0.05) is 35.5 Å². The summed E-state index contributed by atoms with van der Waals surface area (Å²) in [5.74, 6) is 3.24. The maximum atomic E-state index is 14.0. The second-order valence-electron chi connectivity index (χ2n) is 12.7. The van der Waals surface area contributed by atoms with Crippen molar-refractivity contribution >= 4 is 44.1 Å². The van der Waals surface area contributed by atoms with Crippen LogP contribution in [0.1, 0.15) is 23.3 Å². The van der Waals surface area contributed by atoms with Gasteiger partial charge in [0.1, 0.15) is 23.3 Å². The van der Waals surface area contributed by atoms with Gasteiger partial charge in [-0.15, -0.1) is 6.10 Å². The second-order valence-corrected chi connectivity index (χ2v) is 12.7. The number of aromatic amines is 4. The molecule has 420 valence electrons. The summed E-state index contributed by atoms with van der Waals surface area (Å²) in [4.78, 5) is 70.1. The molecule has 76 heavy (non-hydrogen) atoms. The molecule has 0 amide bonds. The number of nitrogens with one attached hydrogen (secondary N) is 4. The molecule has 0 saturated heterocycles. The molecule has 33 nitrogen and oxygen atoms in total. The number of aliphatic hydroxyl groups is 5. The van der Waals surface area contributed by atoms with Crippen LogP contribution in [-0.4, -0.2) is 157 Å². The number of aromatic nitrogens is 8. The van der Waals surface area contributed by atoms with Gasteiger partial charge in [0.25, 0.3) is 0 Å². The number of rotatable bonds is 12. The van der Waals surface area contributed by atoms with Gasteiger partial charge in [-0.2, -0.15) is 7.11 Å². The third-order valence-electron chi connectivity index (χ3n) is 8.17. The van der Waals surface area contributed by atoms with Crippen LogP contribution in [0.5, 0.6) is 0 Å². The summed E-state index contributed by atoms with van der Waals surface area (Å²) in [6.07, 6.45) is -0.928. The summed E-state index contributed by atoms with van der Waals surface area (Å²) in [6, 6.07) is 31.9. The molecule has 0 spiro atoms. The number of benzene rings is 4. The van der Waals surface area contributed by atoms with Gasteiger partial charge in [0.05, 0.1) is 90.7 Å². The minimum absolute atomic E-state index is 0. The molecule has 35 heteroatoms. The smallest absolute Gasteiger partial charge is 0.857 e. The van der Waals surface area contributed by atoms with Crippen molar-refractivity contribution in [3.05, 3.63) is 182 Å². The van der Waals surface area contributed by atoms with Crippen molar-refractivity contribution in [3.63, 3.8) is 0 Å². The van der Waals surface area contributed by atoms with E-state index in [2.05, 4.69) is 29.7 Å². The van der Waals surface area contributed by atoms with E-state index in [0.29, 0.717) is 39.3 Å². The number of H-pyrrole nitrogens is 4. The van der Waals surface area contributed by atoms with E-state index >= 15 is 0 Å². The zero-order valence-electron chi connectivity index (χ0n) is 41.2. The SMILES string of the molecule is CO.CO.CO.CO.CO.C[O-].O=[N+]([O-])[O-].O=[N+]([O-])[O-].O=[N+]([O-])[O-].O=[N+]([O-])[O-].[Fe+3].[Fe+3].[O-]C(CN(Cc1nc2ccccc2[nH]1)Cc1nc2ccccc2[nH]1)CN(Cc1nc2ccccc2[nH]1)Cc1nc2ccccc2[nH]1. The predicted octanol–water partition coefficient (Wildman–Crippen LogP) is 0.683. The third kappa shape index (κ3) is 33.1. The number of fused-ring (bicyclic) bond motifs is 4. The summed E-state index contributed by atoms with van der Waals surface area (Å²) in [7, 11) is 5.75. The summed E-state index contributed by atoms with van der Waals surface area (Å²) >= 11 is 0. The van der Waals surface area contributed by atoms with Crippen molar-refractivity contribution < 1.29 is 90.2 Å². The van der Waals surface area contributed by atoms with Gasteiger partial charge in [-0.25, -0.2) is 19.9 Å². The van der Waals surface area contributed by atoms with Crippen LogP contribution in [0, 0.1) is 61.3 Å². The monoisotopic (exact) mass is 1160 g/mol. The molecule has 4 aromatic carbocycles. The van der Waals surface area contributed by atoms with E-state index in [4.69, 9.17) is 112 Å². The molecule has 8 aromatic rings. The molecule has 0 unspecified atom stereocenters. The number of hydrogen-bond acceptors (Lipinski definition) is 25. The minimum atomic E-state index is -1.75. The predicted molar refractivity (Wildman–Crippen MR) is 264 cm³/mol. The Labute approximate surface area is 452 Å². The first kappa shape index (κ1) is 77.1. The van der Waals surface area contributed by atoms with Gasteiger partial charge in [-0.05, 0) is 61.6 Å². The Balaban J connectivity index is -0.000000477.